The maximum absolute atomic E-state index is 12.7. The molecule has 1 N–H and O–H groups in total. The van der Waals surface area contributed by atoms with Crippen molar-refractivity contribution in [2.45, 2.75) is 24.7 Å². The number of nitrogens with zero attached hydrogens (tertiary/aromatic N) is 2. The molecule has 0 aliphatic carbocycles. The van der Waals surface area contributed by atoms with E-state index in [0.717, 1.165) is 27.6 Å². The Morgan fingerprint density at radius 2 is 1.90 bits per heavy atom. The van der Waals surface area contributed by atoms with Gasteiger partial charge in [0, 0.05) is 41.0 Å². The molecule has 3 aromatic rings. The molecule has 0 saturated carbocycles. The third kappa shape index (κ3) is 4.68. The molecule has 29 heavy (non-hydrogen) atoms. The van der Waals surface area contributed by atoms with Crippen LogP contribution in [0.4, 0.5) is 10.8 Å². The van der Waals surface area contributed by atoms with Crippen LogP contribution in [0.25, 0.3) is 11.3 Å². The molecule has 0 radical (unpaired) electrons. The number of hydrogen-bond donors (Lipinski definition) is 1. The third-order valence-corrected chi connectivity index (χ3v) is 6.49. The highest BCUT2D eigenvalue weighted by molar-refractivity contribution is 7.99. The summed E-state index contributed by atoms with van der Waals surface area (Å²) in [4.78, 5) is 32.4. The van der Waals surface area contributed by atoms with Crippen molar-refractivity contribution in [3.63, 3.8) is 0 Å². The molecule has 0 saturated heterocycles. The number of benzene rings is 2. The van der Waals surface area contributed by atoms with E-state index in [2.05, 4.69) is 10.3 Å². The predicted octanol–water partition coefficient (Wildman–Crippen LogP) is 4.98. The number of hydrogen-bond acceptors (Lipinski definition) is 5. The zero-order valence-corrected chi connectivity index (χ0v) is 17.7. The molecular weight excluding hydrogens is 402 g/mol. The summed E-state index contributed by atoms with van der Waals surface area (Å²) in [7, 11) is 0. The maximum Gasteiger partial charge on any atom is 0.227 e. The van der Waals surface area contributed by atoms with Crippen molar-refractivity contribution in [1.29, 1.82) is 0 Å². The molecule has 2 heterocycles. The van der Waals surface area contributed by atoms with Gasteiger partial charge in [0.2, 0.25) is 11.8 Å². The average Bonchev–Trinajstić information content (AvgIpc) is 3.20. The maximum atomic E-state index is 12.7. The van der Waals surface area contributed by atoms with Gasteiger partial charge in [-0.25, -0.2) is 4.98 Å². The number of para-hydroxylation sites is 1. The highest BCUT2D eigenvalue weighted by Crippen LogP contribution is 2.34. The van der Waals surface area contributed by atoms with Crippen molar-refractivity contribution in [1.82, 2.24) is 4.98 Å². The van der Waals surface area contributed by atoms with Gasteiger partial charge in [-0.3, -0.25) is 9.59 Å². The second kappa shape index (κ2) is 8.80. The Morgan fingerprint density at radius 3 is 2.72 bits per heavy atom. The molecule has 0 fully saturated rings. The van der Waals surface area contributed by atoms with Gasteiger partial charge in [0.05, 0.1) is 11.4 Å². The molecule has 4 rings (SSSR count). The summed E-state index contributed by atoms with van der Waals surface area (Å²) in [5.74, 6) is 0.658. The molecule has 0 spiro atoms. The molecular formula is C22H21N3O2S2. The van der Waals surface area contributed by atoms with E-state index >= 15 is 0 Å². The lowest BCUT2D eigenvalue weighted by Crippen LogP contribution is -2.35. The topological polar surface area (TPSA) is 62.3 Å². The molecule has 1 aliphatic heterocycles. The number of fused-ring (bicyclic) bond motifs is 1. The van der Waals surface area contributed by atoms with Crippen LogP contribution < -0.4 is 10.2 Å². The van der Waals surface area contributed by atoms with Crippen LogP contribution >= 0.6 is 23.1 Å². The van der Waals surface area contributed by atoms with Crippen molar-refractivity contribution in [2.75, 3.05) is 22.5 Å². The molecule has 7 heteroatoms. The molecule has 0 unspecified atom stereocenters. The van der Waals surface area contributed by atoms with Crippen LogP contribution in [-0.4, -0.2) is 29.1 Å². The zero-order chi connectivity index (χ0) is 20.2. The first-order chi connectivity index (χ1) is 14.1. The molecule has 148 valence electrons. The van der Waals surface area contributed by atoms with Crippen LogP contribution in [-0.2, 0) is 9.59 Å². The number of thioether (sulfide) groups is 1. The van der Waals surface area contributed by atoms with Crippen LogP contribution in [0, 0.1) is 6.92 Å². The summed E-state index contributed by atoms with van der Waals surface area (Å²) in [5, 5.41) is 5.29. The lowest BCUT2D eigenvalue weighted by molar-refractivity contribution is -0.122. The standard InChI is InChI=1S/C22H21N3O2S2/c1-15-6-8-16(9-7-15)17-14-29-22(23-17)24-20(26)10-11-21(27)25-12-13-28-19-5-3-2-4-18(19)25/h2-9,14H,10-13H2,1H3,(H,23,24,26). The Morgan fingerprint density at radius 1 is 1.10 bits per heavy atom. The van der Waals surface area contributed by atoms with Crippen LogP contribution in [0.1, 0.15) is 18.4 Å². The molecule has 2 amide bonds. The third-order valence-electron chi connectivity index (χ3n) is 4.69. The first kappa shape index (κ1) is 19.7. The van der Waals surface area contributed by atoms with E-state index in [1.54, 1.807) is 16.7 Å². The smallest absolute Gasteiger partial charge is 0.227 e. The van der Waals surface area contributed by atoms with Gasteiger partial charge >= 0.3 is 0 Å². The second-order valence-electron chi connectivity index (χ2n) is 6.81. The number of amides is 2. The summed E-state index contributed by atoms with van der Waals surface area (Å²) >= 11 is 3.15. The average molecular weight is 424 g/mol. The van der Waals surface area contributed by atoms with E-state index in [4.69, 9.17) is 0 Å². The number of aromatic nitrogens is 1. The predicted molar refractivity (Wildman–Crippen MR) is 120 cm³/mol. The van der Waals surface area contributed by atoms with E-state index in [9.17, 15) is 9.59 Å². The molecule has 0 bridgehead atoms. The van der Waals surface area contributed by atoms with Gasteiger partial charge in [-0.1, -0.05) is 42.0 Å². The minimum atomic E-state index is -0.192. The van der Waals surface area contributed by atoms with Crippen LogP contribution in [0.15, 0.2) is 58.8 Å². The number of anilines is 2. The van der Waals surface area contributed by atoms with E-state index in [-0.39, 0.29) is 24.7 Å². The van der Waals surface area contributed by atoms with Gasteiger partial charge in [-0.05, 0) is 19.1 Å². The van der Waals surface area contributed by atoms with E-state index in [1.165, 1.54) is 16.9 Å². The summed E-state index contributed by atoms with van der Waals surface area (Å²) in [6.07, 6.45) is 0.325. The van der Waals surface area contributed by atoms with Crippen molar-refractivity contribution < 1.29 is 9.59 Å². The van der Waals surface area contributed by atoms with Gasteiger partial charge in [-0.2, -0.15) is 0 Å². The Bertz CT molecular complexity index is 1030. The van der Waals surface area contributed by atoms with Crippen LogP contribution in [0.2, 0.25) is 0 Å². The molecule has 1 aliphatic rings. The lowest BCUT2D eigenvalue weighted by atomic mass is 10.1. The quantitative estimate of drug-likeness (QED) is 0.629. The number of carbonyl (C=O) groups excluding carboxylic acids is 2. The highest BCUT2D eigenvalue weighted by atomic mass is 32.2. The van der Waals surface area contributed by atoms with E-state index in [0.29, 0.717) is 11.7 Å². The molecule has 5 nitrogen and oxygen atoms in total. The summed E-state index contributed by atoms with van der Waals surface area (Å²) in [5.41, 5.74) is 3.99. The van der Waals surface area contributed by atoms with Gasteiger partial charge < -0.3 is 10.2 Å². The lowest BCUT2D eigenvalue weighted by Gasteiger charge is -2.28. The first-order valence-electron chi connectivity index (χ1n) is 9.45. The highest BCUT2D eigenvalue weighted by Gasteiger charge is 2.23. The Balaban J connectivity index is 1.33. The SMILES string of the molecule is Cc1ccc(-c2csc(NC(=O)CCC(=O)N3CCSc4ccccc43)n2)cc1. The largest absolute Gasteiger partial charge is 0.310 e. The fraction of sp³-hybridized carbons (Fsp3) is 0.227. The zero-order valence-electron chi connectivity index (χ0n) is 16.1. The molecule has 1 aromatic heterocycles. The second-order valence-corrected chi connectivity index (χ2v) is 8.81. The van der Waals surface area contributed by atoms with Crippen LogP contribution in [0.5, 0.6) is 0 Å². The summed E-state index contributed by atoms with van der Waals surface area (Å²) in [6, 6.07) is 16.0. The Kier molecular flexibility index (Phi) is 5.97. The molecule has 2 aromatic carbocycles. The van der Waals surface area contributed by atoms with Crippen molar-refractivity contribution in [2.24, 2.45) is 0 Å². The number of carbonyl (C=O) groups is 2. The first-order valence-corrected chi connectivity index (χ1v) is 11.3. The van der Waals surface area contributed by atoms with E-state index in [1.807, 2.05) is 60.8 Å². The minimum Gasteiger partial charge on any atom is -0.310 e. The summed E-state index contributed by atoms with van der Waals surface area (Å²) < 4.78 is 0. The monoisotopic (exact) mass is 423 g/mol. The van der Waals surface area contributed by atoms with Crippen molar-refractivity contribution in [3.8, 4) is 11.3 Å². The Hall–Kier alpha value is -2.64. The van der Waals surface area contributed by atoms with Gasteiger partial charge in [0.15, 0.2) is 5.13 Å². The number of thiazole rings is 1. The normalized spacial score (nSPS) is 13.1. The van der Waals surface area contributed by atoms with Crippen molar-refractivity contribution in [3.05, 3.63) is 59.5 Å². The summed E-state index contributed by atoms with van der Waals surface area (Å²) in [6.45, 7) is 2.72. The van der Waals surface area contributed by atoms with Crippen LogP contribution in [0.3, 0.4) is 0 Å². The van der Waals surface area contributed by atoms with Gasteiger partial charge in [-0.15, -0.1) is 23.1 Å². The minimum absolute atomic E-state index is 0.0209. The van der Waals surface area contributed by atoms with Crippen molar-refractivity contribution >= 4 is 45.7 Å². The van der Waals surface area contributed by atoms with Gasteiger partial charge in [0.1, 0.15) is 0 Å². The molecule has 0 atom stereocenters. The Labute approximate surface area is 178 Å². The fourth-order valence-corrected chi connectivity index (χ4v) is 4.88. The van der Waals surface area contributed by atoms with E-state index < -0.39 is 0 Å². The van der Waals surface area contributed by atoms with Gasteiger partial charge in [0.25, 0.3) is 0 Å². The fourth-order valence-electron chi connectivity index (χ4n) is 3.15. The number of rotatable bonds is 5. The number of nitrogens with one attached hydrogen (secondary N) is 1. The number of aryl methyl sites for hydroxylation is 1.